The number of carbonyl (C=O) groups is 1. The Balaban J connectivity index is 0.00000264. The summed E-state index contributed by atoms with van der Waals surface area (Å²) in [6.45, 7) is 11.0. The average Bonchev–Trinajstić information content (AvgIpc) is 2.52. The Labute approximate surface area is 148 Å². The molecule has 1 saturated heterocycles. The molecule has 4 nitrogen and oxygen atoms in total. The molecule has 2 aliphatic rings. The summed E-state index contributed by atoms with van der Waals surface area (Å²) in [5.74, 6) is 1.39. The van der Waals surface area contributed by atoms with Crippen molar-refractivity contribution in [1.82, 2.24) is 10.2 Å². The van der Waals surface area contributed by atoms with E-state index in [1.54, 1.807) is 7.11 Å². The molecule has 2 rings (SSSR count). The molecule has 0 spiro atoms. The van der Waals surface area contributed by atoms with Gasteiger partial charge in [-0.05, 0) is 51.1 Å². The zero-order valence-corrected chi connectivity index (χ0v) is 16.5. The van der Waals surface area contributed by atoms with Crippen molar-refractivity contribution in [2.45, 2.75) is 65.0 Å². The summed E-state index contributed by atoms with van der Waals surface area (Å²) in [6, 6.07) is 0.279. The number of rotatable bonds is 5. The van der Waals surface area contributed by atoms with E-state index >= 15 is 0 Å². The predicted molar refractivity (Wildman–Crippen MR) is 97.0 cm³/mol. The van der Waals surface area contributed by atoms with Gasteiger partial charge in [0.25, 0.3) is 0 Å². The first-order valence-corrected chi connectivity index (χ1v) is 8.74. The van der Waals surface area contributed by atoms with Crippen molar-refractivity contribution < 1.29 is 9.53 Å². The van der Waals surface area contributed by atoms with E-state index in [0.29, 0.717) is 18.3 Å². The molecule has 1 amide bonds. The van der Waals surface area contributed by atoms with E-state index in [0.717, 1.165) is 19.5 Å². The van der Waals surface area contributed by atoms with E-state index in [-0.39, 0.29) is 35.4 Å². The Morgan fingerprint density at radius 1 is 1.39 bits per heavy atom. The quantitative estimate of drug-likeness (QED) is 0.831. The maximum absolute atomic E-state index is 12.7. The molecule has 4 atom stereocenters. The van der Waals surface area contributed by atoms with Crippen LogP contribution >= 0.6 is 12.4 Å². The maximum Gasteiger partial charge on any atom is 0.222 e. The average molecular weight is 347 g/mol. The minimum atomic E-state index is -0.120. The number of nitrogens with zero attached hydrogens (tertiary/aromatic N) is 1. The largest absolute Gasteiger partial charge is 0.378 e. The van der Waals surface area contributed by atoms with Crippen LogP contribution in [0.4, 0.5) is 0 Å². The maximum atomic E-state index is 12.7. The number of halogens is 1. The molecular formula is C18H35ClN2O2. The number of amides is 1. The molecule has 0 aromatic heterocycles. The van der Waals surface area contributed by atoms with Crippen LogP contribution in [0.5, 0.6) is 0 Å². The molecule has 0 bridgehead atoms. The minimum Gasteiger partial charge on any atom is -0.378 e. The van der Waals surface area contributed by atoms with Gasteiger partial charge < -0.3 is 15.0 Å². The lowest BCUT2D eigenvalue weighted by Gasteiger charge is -2.61. The van der Waals surface area contributed by atoms with Gasteiger partial charge in [-0.1, -0.05) is 20.8 Å². The lowest BCUT2D eigenvalue weighted by molar-refractivity contribution is -0.207. The van der Waals surface area contributed by atoms with Crippen LogP contribution in [-0.2, 0) is 9.53 Å². The van der Waals surface area contributed by atoms with Crippen LogP contribution in [0.1, 0.15) is 53.4 Å². The lowest BCUT2D eigenvalue weighted by atomic mass is 9.55. The van der Waals surface area contributed by atoms with Gasteiger partial charge in [-0.25, -0.2) is 0 Å². The zero-order valence-electron chi connectivity index (χ0n) is 15.6. The van der Waals surface area contributed by atoms with Crippen molar-refractivity contribution in [3.8, 4) is 0 Å². The van der Waals surface area contributed by atoms with Crippen LogP contribution in [0.3, 0.4) is 0 Å². The Morgan fingerprint density at radius 2 is 2.04 bits per heavy atom. The van der Waals surface area contributed by atoms with Gasteiger partial charge in [-0.15, -0.1) is 12.4 Å². The van der Waals surface area contributed by atoms with Crippen LogP contribution in [0.15, 0.2) is 0 Å². The number of methoxy groups -OCH3 is 1. The highest BCUT2D eigenvalue weighted by atomic mass is 35.5. The Morgan fingerprint density at radius 3 is 2.52 bits per heavy atom. The summed E-state index contributed by atoms with van der Waals surface area (Å²) in [5, 5.41) is 3.45. The Hall–Kier alpha value is -0.320. The molecule has 23 heavy (non-hydrogen) atoms. The van der Waals surface area contributed by atoms with Crippen molar-refractivity contribution in [3.63, 3.8) is 0 Å². The first-order valence-electron chi connectivity index (χ1n) is 8.74. The first kappa shape index (κ1) is 20.7. The van der Waals surface area contributed by atoms with Gasteiger partial charge in [0.05, 0.1) is 5.60 Å². The number of piperidine rings is 1. The van der Waals surface area contributed by atoms with E-state index in [4.69, 9.17) is 4.74 Å². The van der Waals surface area contributed by atoms with Crippen molar-refractivity contribution in [2.24, 2.45) is 17.3 Å². The fraction of sp³-hybridized carbons (Fsp3) is 0.944. The van der Waals surface area contributed by atoms with Crippen LogP contribution in [-0.4, -0.2) is 49.7 Å². The number of hydrogen-bond donors (Lipinski definition) is 1. The third kappa shape index (κ3) is 3.85. The van der Waals surface area contributed by atoms with Crippen molar-refractivity contribution in [1.29, 1.82) is 0 Å². The SMILES string of the molecule is COC1(C)CC(N(C)C(=O)CC(C)C2CCCNC2)C1(C)C.Cl. The molecular weight excluding hydrogens is 312 g/mol. The van der Waals surface area contributed by atoms with E-state index in [1.165, 1.54) is 12.8 Å². The first-order chi connectivity index (χ1) is 10.2. The summed E-state index contributed by atoms with van der Waals surface area (Å²) < 4.78 is 5.68. The van der Waals surface area contributed by atoms with Crippen LogP contribution in [0.2, 0.25) is 0 Å². The molecule has 1 N–H and O–H groups in total. The molecule has 0 radical (unpaired) electrons. The van der Waals surface area contributed by atoms with Gasteiger partial charge >= 0.3 is 0 Å². The van der Waals surface area contributed by atoms with Gasteiger partial charge in [0.1, 0.15) is 0 Å². The van der Waals surface area contributed by atoms with Crippen LogP contribution in [0, 0.1) is 17.3 Å². The molecule has 136 valence electrons. The van der Waals surface area contributed by atoms with E-state index < -0.39 is 0 Å². The van der Waals surface area contributed by atoms with E-state index in [2.05, 4.69) is 33.0 Å². The Bertz CT molecular complexity index is 410. The highest BCUT2D eigenvalue weighted by molar-refractivity contribution is 5.85. The van der Waals surface area contributed by atoms with Crippen molar-refractivity contribution in [3.05, 3.63) is 0 Å². The molecule has 5 heteroatoms. The molecule has 2 fully saturated rings. The van der Waals surface area contributed by atoms with Gasteiger partial charge in [0.15, 0.2) is 0 Å². The second-order valence-corrected chi connectivity index (χ2v) is 8.17. The van der Waals surface area contributed by atoms with Gasteiger partial charge in [-0.3, -0.25) is 4.79 Å². The highest BCUT2D eigenvalue weighted by Crippen LogP contribution is 2.53. The molecule has 1 heterocycles. The third-order valence-electron chi connectivity index (χ3n) is 6.73. The Kier molecular flexibility index (Phi) is 6.95. The number of ether oxygens (including phenoxy) is 1. The molecule has 0 aromatic rings. The normalized spacial score (nSPS) is 34.0. The number of carbonyl (C=O) groups excluding carboxylic acids is 1. The zero-order chi connectivity index (χ0) is 16.5. The second kappa shape index (κ2) is 7.71. The van der Waals surface area contributed by atoms with E-state index in [1.807, 2.05) is 11.9 Å². The van der Waals surface area contributed by atoms with Crippen LogP contribution < -0.4 is 5.32 Å². The molecule has 1 aliphatic carbocycles. The monoisotopic (exact) mass is 346 g/mol. The topological polar surface area (TPSA) is 41.6 Å². The fourth-order valence-electron chi connectivity index (χ4n) is 4.20. The third-order valence-corrected chi connectivity index (χ3v) is 6.73. The number of hydrogen-bond acceptors (Lipinski definition) is 3. The highest BCUT2D eigenvalue weighted by Gasteiger charge is 2.59. The van der Waals surface area contributed by atoms with Gasteiger partial charge in [0.2, 0.25) is 5.91 Å². The van der Waals surface area contributed by atoms with E-state index in [9.17, 15) is 4.79 Å². The predicted octanol–water partition coefficient (Wildman–Crippen LogP) is 3.10. The minimum absolute atomic E-state index is 0. The van der Waals surface area contributed by atoms with Crippen LogP contribution in [0.25, 0.3) is 0 Å². The fourth-order valence-corrected chi connectivity index (χ4v) is 4.20. The molecule has 1 aliphatic heterocycles. The molecule has 0 aromatic carbocycles. The molecule has 4 unspecified atom stereocenters. The van der Waals surface area contributed by atoms with Gasteiger partial charge in [0, 0.05) is 32.0 Å². The number of nitrogens with one attached hydrogen (secondary N) is 1. The summed E-state index contributed by atoms with van der Waals surface area (Å²) in [6.07, 6.45) is 4.08. The smallest absolute Gasteiger partial charge is 0.222 e. The standard InChI is InChI=1S/C18H34N2O2.ClH/c1-13(14-8-7-9-19-12-14)10-16(21)20(5)15-11-18(4,22-6)17(15,2)3;/h13-15,19H,7-12H2,1-6H3;1H. The summed E-state index contributed by atoms with van der Waals surface area (Å²) in [7, 11) is 3.74. The van der Waals surface area contributed by atoms with Crippen molar-refractivity contribution in [2.75, 3.05) is 27.2 Å². The van der Waals surface area contributed by atoms with Gasteiger partial charge in [-0.2, -0.15) is 0 Å². The van der Waals surface area contributed by atoms with Crippen molar-refractivity contribution >= 4 is 18.3 Å². The second-order valence-electron chi connectivity index (χ2n) is 8.17. The lowest BCUT2D eigenvalue weighted by Crippen LogP contribution is -2.68. The molecule has 1 saturated carbocycles. The summed E-state index contributed by atoms with van der Waals surface area (Å²) >= 11 is 0. The summed E-state index contributed by atoms with van der Waals surface area (Å²) in [4.78, 5) is 14.7. The summed E-state index contributed by atoms with van der Waals surface area (Å²) in [5.41, 5.74) is -0.118.